The van der Waals surface area contributed by atoms with Crippen molar-refractivity contribution in [3.63, 3.8) is 0 Å². The number of nitrogens with zero attached hydrogens (tertiary/aromatic N) is 5. The Hall–Kier alpha value is -2.67. The quantitative estimate of drug-likeness (QED) is 0.473. The number of anilines is 1. The van der Waals surface area contributed by atoms with Crippen LogP contribution in [0.4, 0.5) is 5.82 Å². The van der Waals surface area contributed by atoms with Crippen LogP contribution in [0.3, 0.4) is 0 Å². The second kappa shape index (κ2) is 7.52. The highest BCUT2D eigenvalue weighted by Gasteiger charge is 2.16. The van der Waals surface area contributed by atoms with Gasteiger partial charge in [0.2, 0.25) is 0 Å². The Bertz CT molecular complexity index is 1070. The fourth-order valence-corrected chi connectivity index (χ4v) is 3.69. The molecule has 0 aliphatic heterocycles. The highest BCUT2D eigenvalue weighted by atomic mass is 79.9. The molecule has 2 N–H and O–H groups in total. The van der Waals surface area contributed by atoms with Gasteiger partial charge in [0, 0.05) is 24.4 Å². The van der Waals surface area contributed by atoms with Crippen LogP contribution in [0.5, 0.6) is 0 Å². The molecule has 0 saturated heterocycles. The molecule has 0 bridgehead atoms. The first-order valence-electron chi connectivity index (χ1n) is 8.98. The number of hydrogen-bond donors (Lipinski definition) is 1. The molecule has 0 aliphatic rings. The summed E-state index contributed by atoms with van der Waals surface area (Å²) in [6.45, 7) is 0. The summed E-state index contributed by atoms with van der Waals surface area (Å²) in [5, 5.41) is 8.65. The average molecular weight is 425 g/mol. The fourth-order valence-electron chi connectivity index (χ4n) is 3.24. The van der Waals surface area contributed by atoms with Crippen molar-refractivity contribution in [3.05, 3.63) is 64.7 Å². The van der Waals surface area contributed by atoms with E-state index in [9.17, 15) is 0 Å². The summed E-state index contributed by atoms with van der Waals surface area (Å²) >= 11 is 3.60. The van der Waals surface area contributed by atoms with Crippen LogP contribution in [-0.4, -0.2) is 24.4 Å². The van der Waals surface area contributed by atoms with Crippen molar-refractivity contribution in [2.45, 2.75) is 25.7 Å². The standard InChI is InChI=1S/C20H21BrN6/c1-26-13-15(11-23-26)16-12-24-27-19(22)18(21)17(25-20(16)27)10-6-5-9-14-7-3-2-4-8-14/h2-4,7-8,11-13H,5-6,9-10,22H2,1H3. The number of nitrogen functional groups attached to an aromatic ring is 1. The average Bonchev–Trinajstić information content (AvgIpc) is 3.29. The third-order valence-electron chi connectivity index (χ3n) is 4.68. The lowest BCUT2D eigenvalue weighted by molar-refractivity contribution is 0.719. The molecule has 4 aromatic rings. The van der Waals surface area contributed by atoms with Crippen molar-refractivity contribution in [3.8, 4) is 11.1 Å². The van der Waals surface area contributed by atoms with Crippen molar-refractivity contribution in [1.82, 2.24) is 24.4 Å². The zero-order valence-electron chi connectivity index (χ0n) is 15.1. The summed E-state index contributed by atoms with van der Waals surface area (Å²) in [6, 6.07) is 10.6. The van der Waals surface area contributed by atoms with Gasteiger partial charge in [-0.3, -0.25) is 4.68 Å². The zero-order chi connectivity index (χ0) is 18.8. The van der Waals surface area contributed by atoms with Crippen LogP contribution in [0, 0.1) is 0 Å². The largest absolute Gasteiger partial charge is 0.383 e. The number of hydrogen-bond acceptors (Lipinski definition) is 4. The van der Waals surface area contributed by atoms with Gasteiger partial charge < -0.3 is 5.73 Å². The minimum absolute atomic E-state index is 0.577. The van der Waals surface area contributed by atoms with Crippen LogP contribution in [0.1, 0.15) is 24.1 Å². The first-order chi connectivity index (χ1) is 13.1. The SMILES string of the molecule is Cn1cc(-c2cnn3c(N)c(Br)c(CCCCc4ccccc4)nc23)cn1. The molecule has 0 amide bonds. The lowest BCUT2D eigenvalue weighted by Crippen LogP contribution is -2.06. The number of halogens is 1. The molecule has 0 unspecified atom stereocenters. The monoisotopic (exact) mass is 424 g/mol. The first kappa shape index (κ1) is 17.7. The Morgan fingerprint density at radius 1 is 1.04 bits per heavy atom. The predicted octanol–water partition coefficient (Wildman–Crippen LogP) is 4.04. The second-order valence-corrected chi connectivity index (χ2v) is 7.44. The van der Waals surface area contributed by atoms with Gasteiger partial charge in [0.25, 0.3) is 0 Å². The van der Waals surface area contributed by atoms with Gasteiger partial charge in [-0.05, 0) is 47.2 Å². The van der Waals surface area contributed by atoms with Gasteiger partial charge in [0.1, 0.15) is 5.82 Å². The maximum atomic E-state index is 6.30. The van der Waals surface area contributed by atoms with E-state index in [1.807, 2.05) is 25.5 Å². The Labute approximate surface area is 166 Å². The van der Waals surface area contributed by atoms with E-state index < -0.39 is 0 Å². The molecule has 3 aromatic heterocycles. The Morgan fingerprint density at radius 3 is 2.56 bits per heavy atom. The van der Waals surface area contributed by atoms with Crippen molar-refractivity contribution in [2.75, 3.05) is 5.73 Å². The number of unbranched alkanes of at least 4 members (excludes halogenated alkanes) is 1. The summed E-state index contributed by atoms with van der Waals surface area (Å²) in [5.41, 5.74) is 11.3. The minimum atomic E-state index is 0.577. The van der Waals surface area contributed by atoms with Crippen LogP contribution in [0.2, 0.25) is 0 Å². The molecular weight excluding hydrogens is 404 g/mol. The molecule has 0 aliphatic carbocycles. The summed E-state index contributed by atoms with van der Waals surface area (Å²) in [6.07, 6.45) is 9.66. The molecule has 0 fully saturated rings. The summed E-state index contributed by atoms with van der Waals surface area (Å²) in [5.74, 6) is 0.577. The van der Waals surface area contributed by atoms with Gasteiger partial charge in [0.15, 0.2) is 5.65 Å². The normalized spacial score (nSPS) is 11.3. The maximum Gasteiger partial charge on any atom is 0.165 e. The number of benzene rings is 1. The molecule has 27 heavy (non-hydrogen) atoms. The highest BCUT2D eigenvalue weighted by Crippen LogP contribution is 2.30. The maximum absolute atomic E-state index is 6.30. The fraction of sp³-hybridized carbons (Fsp3) is 0.250. The van der Waals surface area contributed by atoms with Crippen molar-refractivity contribution >= 4 is 27.4 Å². The molecule has 0 spiro atoms. The zero-order valence-corrected chi connectivity index (χ0v) is 16.7. The topological polar surface area (TPSA) is 74.0 Å². The van der Waals surface area contributed by atoms with Crippen LogP contribution in [0.15, 0.2) is 53.4 Å². The van der Waals surface area contributed by atoms with Crippen molar-refractivity contribution in [1.29, 1.82) is 0 Å². The van der Waals surface area contributed by atoms with Gasteiger partial charge in [-0.1, -0.05) is 30.3 Å². The summed E-state index contributed by atoms with van der Waals surface area (Å²) in [4.78, 5) is 4.86. The molecule has 1 aromatic carbocycles. The second-order valence-electron chi connectivity index (χ2n) is 6.65. The lowest BCUT2D eigenvalue weighted by Gasteiger charge is -2.09. The van der Waals surface area contributed by atoms with E-state index in [-0.39, 0.29) is 0 Å². The number of aryl methyl sites for hydroxylation is 3. The molecule has 0 atom stereocenters. The Kier molecular flexibility index (Phi) is 4.94. The van der Waals surface area contributed by atoms with Crippen molar-refractivity contribution < 1.29 is 0 Å². The van der Waals surface area contributed by atoms with E-state index in [2.05, 4.69) is 50.4 Å². The molecule has 3 heterocycles. The molecular formula is C20H21BrN6. The molecule has 0 radical (unpaired) electrons. The number of rotatable bonds is 6. The van der Waals surface area contributed by atoms with Crippen LogP contribution >= 0.6 is 15.9 Å². The van der Waals surface area contributed by atoms with E-state index in [0.29, 0.717) is 5.82 Å². The van der Waals surface area contributed by atoms with Gasteiger partial charge in [-0.15, -0.1) is 0 Å². The third kappa shape index (κ3) is 3.60. The number of fused-ring (bicyclic) bond motifs is 1. The Morgan fingerprint density at radius 2 is 1.81 bits per heavy atom. The van der Waals surface area contributed by atoms with Gasteiger partial charge in [-0.2, -0.15) is 14.7 Å². The molecule has 0 saturated carbocycles. The van der Waals surface area contributed by atoms with E-state index in [0.717, 1.165) is 52.6 Å². The van der Waals surface area contributed by atoms with Gasteiger partial charge in [0.05, 0.1) is 22.6 Å². The van der Waals surface area contributed by atoms with Crippen molar-refractivity contribution in [2.24, 2.45) is 7.05 Å². The minimum Gasteiger partial charge on any atom is -0.383 e. The third-order valence-corrected chi connectivity index (χ3v) is 5.54. The number of nitrogens with two attached hydrogens (primary N) is 1. The molecule has 4 rings (SSSR count). The molecule has 138 valence electrons. The van der Waals surface area contributed by atoms with E-state index >= 15 is 0 Å². The van der Waals surface area contributed by atoms with E-state index in [1.165, 1.54) is 5.56 Å². The first-order valence-corrected chi connectivity index (χ1v) is 9.77. The highest BCUT2D eigenvalue weighted by molar-refractivity contribution is 9.10. The number of aromatic nitrogens is 5. The van der Waals surface area contributed by atoms with Gasteiger partial charge in [-0.25, -0.2) is 4.98 Å². The van der Waals surface area contributed by atoms with E-state index in [4.69, 9.17) is 10.7 Å². The van der Waals surface area contributed by atoms with Crippen LogP contribution in [-0.2, 0) is 19.9 Å². The smallest absolute Gasteiger partial charge is 0.165 e. The summed E-state index contributed by atoms with van der Waals surface area (Å²) < 4.78 is 4.28. The van der Waals surface area contributed by atoms with Crippen LogP contribution < -0.4 is 5.73 Å². The van der Waals surface area contributed by atoms with Crippen LogP contribution in [0.25, 0.3) is 16.8 Å². The lowest BCUT2D eigenvalue weighted by atomic mass is 10.1. The Balaban J connectivity index is 1.56. The predicted molar refractivity (Wildman–Crippen MR) is 110 cm³/mol. The van der Waals surface area contributed by atoms with E-state index in [1.54, 1.807) is 15.4 Å². The van der Waals surface area contributed by atoms with Gasteiger partial charge >= 0.3 is 0 Å². The summed E-state index contributed by atoms with van der Waals surface area (Å²) in [7, 11) is 1.89. The molecule has 7 heteroatoms. The molecule has 6 nitrogen and oxygen atoms in total.